The summed E-state index contributed by atoms with van der Waals surface area (Å²) in [5.41, 5.74) is 7.87. The molecule has 0 amide bonds. The van der Waals surface area contributed by atoms with E-state index in [2.05, 4.69) is 43.5 Å². The zero-order chi connectivity index (χ0) is 14.5. The van der Waals surface area contributed by atoms with Crippen molar-refractivity contribution in [3.63, 3.8) is 0 Å². The molecule has 2 aromatic carbocycles. The van der Waals surface area contributed by atoms with Crippen molar-refractivity contribution in [3.05, 3.63) is 69.7 Å². The van der Waals surface area contributed by atoms with Gasteiger partial charge in [-0.3, -0.25) is 11.3 Å². The molecule has 1 unspecified atom stereocenters. The maximum Gasteiger partial charge on any atom is 0.0503 e. The summed E-state index contributed by atoms with van der Waals surface area (Å²) in [7, 11) is 0. The van der Waals surface area contributed by atoms with Gasteiger partial charge in [0.1, 0.15) is 0 Å². The molecule has 0 bridgehead atoms. The molecule has 0 radical (unpaired) electrons. The van der Waals surface area contributed by atoms with Crippen LogP contribution in [0, 0.1) is 6.92 Å². The molecule has 3 N–H and O–H groups in total. The van der Waals surface area contributed by atoms with Crippen LogP contribution in [0.2, 0.25) is 5.02 Å². The molecule has 0 aliphatic heterocycles. The van der Waals surface area contributed by atoms with Gasteiger partial charge in [0.2, 0.25) is 0 Å². The lowest BCUT2D eigenvalue weighted by molar-refractivity contribution is 0.549. The van der Waals surface area contributed by atoms with Gasteiger partial charge in [-0.05, 0) is 54.2 Å². The van der Waals surface area contributed by atoms with Gasteiger partial charge in [-0.25, -0.2) is 0 Å². The summed E-state index contributed by atoms with van der Waals surface area (Å²) in [4.78, 5) is 0. The summed E-state index contributed by atoms with van der Waals surface area (Å²) < 4.78 is 0. The van der Waals surface area contributed by atoms with E-state index in [0.717, 1.165) is 23.4 Å². The Morgan fingerprint density at radius 1 is 1.10 bits per heavy atom. The fourth-order valence-corrected chi connectivity index (χ4v) is 2.57. The number of benzene rings is 2. The van der Waals surface area contributed by atoms with Gasteiger partial charge in [0.15, 0.2) is 0 Å². The third kappa shape index (κ3) is 3.60. The van der Waals surface area contributed by atoms with Gasteiger partial charge in [0.25, 0.3) is 0 Å². The fourth-order valence-electron chi connectivity index (χ4n) is 2.39. The molecule has 0 aliphatic carbocycles. The number of halogens is 1. The van der Waals surface area contributed by atoms with Gasteiger partial charge < -0.3 is 0 Å². The van der Waals surface area contributed by atoms with Gasteiger partial charge in [0.05, 0.1) is 6.04 Å². The lowest BCUT2D eigenvalue weighted by atomic mass is 9.95. The number of rotatable bonds is 5. The Hall–Kier alpha value is -1.35. The number of hydrogen-bond donors (Lipinski definition) is 2. The van der Waals surface area contributed by atoms with Crippen molar-refractivity contribution in [3.8, 4) is 0 Å². The quantitative estimate of drug-likeness (QED) is 0.646. The lowest BCUT2D eigenvalue weighted by Gasteiger charge is -2.19. The number of nitrogens with two attached hydrogens (primary N) is 1. The van der Waals surface area contributed by atoms with Crippen LogP contribution in [0.1, 0.15) is 35.2 Å². The summed E-state index contributed by atoms with van der Waals surface area (Å²) in [5.74, 6) is 5.73. The van der Waals surface area contributed by atoms with E-state index in [-0.39, 0.29) is 6.04 Å². The number of hydrazine groups is 1. The summed E-state index contributed by atoms with van der Waals surface area (Å²) >= 11 is 6.09. The molecule has 2 rings (SSSR count). The number of aryl methyl sites for hydroxylation is 2. The standard InChI is InChI=1S/C17H21ClN2/c1-3-13-5-7-14(8-6-13)10-17(20-19)16-11-15(18)9-4-12(16)2/h4-9,11,17,20H,3,10,19H2,1-2H3. The van der Waals surface area contributed by atoms with Crippen LogP contribution in [0.25, 0.3) is 0 Å². The van der Waals surface area contributed by atoms with E-state index in [4.69, 9.17) is 17.4 Å². The highest BCUT2D eigenvalue weighted by molar-refractivity contribution is 6.30. The highest BCUT2D eigenvalue weighted by Crippen LogP contribution is 2.24. The Balaban J connectivity index is 2.21. The van der Waals surface area contributed by atoms with Crippen LogP contribution < -0.4 is 11.3 Å². The molecule has 2 aromatic rings. The smallest absolute Gasteiger partial charge is 0.0503 e. The normalized spacial score (nSPS) is 12.4. The van der Waals surface area contributed by atoms with Crippen LogP contribution in [-0.4, -0.2) is 0 Å². The third-order valence-corrected chi connectivity index (χ3v) is 3.92. The van der Waals surface area contributed by atoms with Crippen molar-refractivity contribution < 1.29 is 0 Å². The average Bonchev–Trinajstić information content (AvgIpc) is 2.48. The van der Waals surface area contributed by atoms with Crippen molar-refractivity contribution in [2.24, 2.45) is 5.84 Å². The first kappa shape index (κ1) is 15.0. The van der Waals surface area contributed by atoms with Crippen molar-refractivity contribution >= 4 is 11.6 Å². The number of nitrogens with one attached hydrogen (secondary N) is 1. The first-order chi connectivity index (χ1) is 9.63. The molecule has 0 aliphatic rings. The van der Waals surface area contributed by atoms with Crippen LogP contribution in [-0.2, 0) is 12.8 Å². The van der Waals surface area contributed by atoms with E-state index in [1.165, 1.54) is 16.7 Å². The Morgan fingerprint density at radius 2 is 1.75 bits per heavy atom. The lowest BCUT2D eigenvalue weighted by Crippen LogP contribution is -2.30. The van der Waals surface area contributed by atoms with Crippen LogP contribution in [0.3, 0.4) is 0 Å². The van der Waals surface area contributed by atoms with E-state index >= 15 is 0 Å². The van der Waals surface area contributed by atoms with Crippen LogP contribution >= 0.6 is 11.6 Å². The second-order valence-corrected chi connectivity index (χ2v) is 5.53. The van der Waals surface area contributed by atoms with Gasteiger partial charge >= 0.3 is 0 Å². The molecule has 0 aromatic heterocycles. The maximum atomic E-state index is 6.09. The predicted molar refractivity (Wildman–Crippen MR) is 85.8 cm³/mol. The molecule has 0 saturated carbocycles. The molecule has 3 heteroatoms. The zero-order valence-corrected chi connectivity index (χ0v) is 12.7. The molecule has 0 saturated heterocycles. The minimum absolute atomic E-state index is 0.0705. The van der Waals surface area contributed by atoms with E-state index in [1.807, 2.05) is 18.2 Å². The van der Waals surface area contributed by atoms with Crippen LogP contribution in [0.4, 0.5) is 0 Å². The predicted octanol–water partition coefficient (Wildman–Crippen LogP) is 3.96. The van der Waals surface area contributed by atoms with E-state index < -0.39 is 0 Å². The second-order valence-electron chi connectivity index (χ2n) is 5.09. The molecule has 2 nitrogen and oxygen atoms in total. The number of hydrogen-bond acceptors (Lipinski definition) is 2. The minimum Gasteiger partial charge on any atom is -0.271 e. The molecule has 0 heterocycles. The molecule has 20 heavy (non-hydrogen) atoms. The van der Waals surface area contributed by atoms with Crippen LogP contribution in [0.15, 0.2) is 42.5 Å². The average molecular weight is 289 g/mol. The van der Waals surface area contributed by atoms with Crippen molar-refractivity contribution in [2.45, 2.75) is 32.7 Å². The van der Waals surface area contributed by atoms with E-state index in [0.29, 0.717) is 0 Å². The Bertz CT molecular complexity index is 564. The zero-order valence-electron chi connectivity index (χ0n) is 12.0. The van der Waals surface area contributed by atoms with Crippen molar-refractivity contribution in [2.75, 3.05) is 0 Å². The van der Waals surface area contributed by atoms with Crippen molar-refractivity contribution in [1.29, 1.82) is 0 Å². The molecular weight excluding hydrogens is 268 g/mol. The molecule has 0 fully saturated rings. The van der Waals surface area contributed by atoms with E-state index in [9.17, 15) is 0 Å². The minimum atomic E-state index is 0.0705. The Labute approximate surface area is 125 Å². The van der Waals surface area contributed by atoms with Gasteiger partial charge in [0, 0.05) is 5.02 Å². The summed E-state index contributed by atoms with van der Waals surface area (Å²) in [6, 6.07) is 14.7. The Kier molecular flexibility index (Phi) is 5.18. The highest BCUT2D eigenvalue weighted by atomic mass is 35.5. The molecule has 106 valence electrons. The molecular formula is C17H21ClN2. The summed E-state index contributed by atoms with van der Waals surface area (Å²) in [5, 5.41) is 0.743. The first-order valence-corrected chi connectivity index (χ1v) is 7.31. The second kappa shape index (κ2) is 6.89. The maximum absolute atomic E-state index is 6.09. The topological polar surface area (TPSA) is 38.0 Å². The van der Waals surface area contributed by atoms with Crippen molar-refractivity contribution in [1.82, 2.24) is 5.43 Å². The van der Waals surface area contributed by atoms with Gasteiger partial charge in [-0.2, -0.15) is 0 Å². The SMILES string of the molecule is CCc1ccc(CC(NN)c2cc(Cl)ccc2C)cc1. The highest BCUT2D eigenvalue weighted by Gasteiger charge is 2.13. The Morgan fingerprint density at radius 3 is 2.35 bits per heavy atom. The first-order valence-electron chi connectivity index (χ1n) is 6.94. The fraction of sp³-hybridized carbons (Fsp3) is 0.294. The molecule has 1 atom stereocenters. The van der Waals surface area contributed by atoms with Crippen LogP contribution in [0.5, 0.6) is 0 Å². The monoisotopic (exact) mass is 288 g/mol. The van der Waals surface area contributed by atoms with Gasteiger partial charge in [-0.1, -0.05) is 48.9 Å². The summed E-state index contributed by atoms with van der Waals surface area (Å²) in [6.45, 7) is 4.24. The largest absolute Gasteiger partial charge is 0.271 e. The molecule has 0 spiro atoms. The van der Waals surface area contributed by atoms with E-state index in [1.54, 1.807) is 0 Å². The van der Waals surface area contributed by atoms with Gasteiger partial charge in [-0.15, -0.1) is 0 Å². The summed E-state index contributed by atoms with van der Waals surface area (Å²) in [6.07, 6.45) is 1.91. The third-order valence-electron chi connectivity index (χ3n) is 3.69.